The molecule has 1 N–H and O–H groups in total. The third-order valence-corrected chi connectivity index (χ3v) is 4.26. The van der Waals surface area contributed by atoms with E-state index in [0.29, 0.717) is 0 Å². The molecular formula is C19H22ClNO2. The van der Waals surface area contributed by atoms with Crippen LogP contribution in [-0.4, -0.2) is 13.0 Å². The monoisotopic (exact) mass is 331 g/mol. The van der Waals surface area contributed by atoms with Gasteiger partial charge in [-0.25, -0.2) is 0 Å². The molecule has 0 aliphatic carbocycles. The van der Waals surface area contributed by atoms with E-state index < -0.39 is 10.9 Å². The predicted octanol–water partition coefficient (Wildman–Crippen LogP) is 4.34. The number of carbonyl (C=O) groups excluding carboxylic acids is 1. The second-order valence-corrected chi connectivity index (χ2v) is 6.56. The minimum absolute atomic E-state index is 0.219. The average Bonchev–Trinajstić information content (AvgIpc) is 2.54. The second-order valence-electron chi connectivity index (χ2n) is 6.12. The molecule has 0 aliphatic rings. The summed E-state index contributed by atoms with van der Waals surface area (Å²) in [5.74, 6) is 0.515. The van der Waals surface area contributed by atoms with E-state index in [1.165, 1.54) is 0 Å². The maximum Gasteiger partial charge on any atom is 0.243 e. The van der Waals surface area contributed by atoms with Gasteiger partial charge in [-0.15, -0.1) is 11.6 Å². The molecule has 0 aromatic heterocycles. The van der Waals surface area contributed by atoms with E-state index in [1.807, 2.05) is 39.0 Å². The number of benzene rings is 2. The van der Waals surface area contributed by atoms with Crippen LogP contribution in [0.3, 0.4) is 0 Å². The first-order chi connectivity index (χ1) is 10.8. The molecule has 23 heavy (non-hydrogen) atoms. The molecule has 3 nitrogen and oxygen atoms in total. The highest BCUT2D eigenvalue weighted by Gasteiger charge is 2.27. The largest absolute Gasteiger partial charge is 0.497 e. The molecule has 0 heterocycles. The Morgan fingerprint density at radius 3 is 2.39 bits per heavy atom. The highest BCUT2D eigenvalue weighted by Crippen LogP contribution is 2.26. The Balaban J connectivity index is 2.13. The molecule has 2 aromatic rings. The lowest BCUT2D eigenvalue weighted by Gasteiger charge is -2.28. The summed E-state index contributed by atoms with van der Waals surface area (Å²) < 4.78 is 5.12. The SMILES string of the molecule is COc1ccc(C(Cl)C(=O)NC(C)(C)c2cccc(C)c2)cc1. The van der Waals surface area contributed by atoms with E-state index in [4.69, 9.17) is 16.3 Å². The number of amides is 1. The van der Waals surface area contributed by atoms with Crippen LogP contribution in [0.2, 0.25) is 0 Å². The number of hydrogen-bond donors (Lipinski definition) is 1. The first kappa shape index (κ1) is 17.4. The van der Waals surface area contributed by atoms with Gasteiger partial charge in [0.1, 0.15) is 11.1 Å². The molecule has 0 spiro atoms. The van der Waals surface area contributed by atoms with Crippen molar-refractivity contribution in [3.8, 4) is 5.75 Å². The number of alkyl halides is 1. The minimum atomic E-state index is -0.745. The van der Waals surface area contributed by atoms with Gasteiger partial charge in [0, 0.05) is 0 Å². The number of ether oxygens (including phenoxy) is 1. The molecule has 0 saturated heterocycles. The van der Waals surface area contributed by atoms with E-state index in [2.05, 4.69) is 11.4 Å². The second kappa shape index (κ2) is 7.05. The van der Waals surface area contributed by atoms with Crippen molar-refractivity contribution in [1.29, 1.82) is 0 Å². The van der Waals surface area contributed by atoms with Crippen molar-refractivity contribution in [2.75, 3.05) is 7.11 Å². The third-order valence-electron chi connectivity index (χ3n) is 3.81. The maximum atomic E-state index is 12.5. The van der Waals surface area contributed by atoms with Crippen molar-refractivity contribution in [1.82, 2.24) is 5.32 Å². The fraction of sp³-hybridized carbons (Fsp3) is 0.316. The Bertz CT molecular complexity index is 680. The number of aryl methyl sites for hydroxylation is 1. The van der Waals surface area contributed by atoms with Gasteiger partial charge < -0.3 is 10.1 Å². The highest BCUT2D eigenvalue weighted by atomic mass is 35.5. The molecule has 2 rings (SSSR count). The third kappa shape index (κ3) is 4.26. The Labute approximate surface area is 142 Å². The molecule has 0 radical (unpaired) electrons. The van der Waals surface area contributed by atoms with Crippen molar-refractivity contribution < 1.29 is 9.53 Å². The first-order valence-electron chi connectivity index (χ1n) is 7.50. The summed E-state index contributed by atoms with van der Waals surface area (Å²) in [5, 5.41) is 2.28. The number of halogens is 1. The predicted molar refractivity (Wildman–Crippen MR) is 93.9 cm³/mol. The zero-order valence-corrected chi connectivity index (χ0v) is 14.6. The molecule has 2 aromatic carbocycles. The van der Waals surface area contributed by atoms with Gasteiger partial charge in [0.05, 0.1) is 12.6 Å². The smallest absolute Gasteiger partial charge is 0.243 e. The number of nitrogens with one attached hydrogen (secondary N) is 1. The molecule has 0 aliphatic heterocycles. The topological polar surface area (TPSA) is 38.3 Å². The number of carbonyl (C=O) groups is 1. The number of hydrogen-bond acceptors (Lipinski definition) is 2. The van der Waals surface area contributed by atoms with Crippen LogP contribution in [0, 0.1) is 6.92 Å². The highest BCUT2D eigenvalue weighted by molar-refractivity contribution is 6.30. The van der Waals surface area contributed by atoms with E-state index in [9.17, 15) is 4.79 Å². The molecule has 122 valence electrons. The Morgan fingerprint density at radius 1 is 1.17 bits per heavy atom. The fourth-order valence-corrected chi connectivity index (χ4v) is 2.60. The van der Waals surface area contributed by atoms with Gasteiger partial charge in [-0.2, -0.15) is 0 Å². The summed E-state index contributed by atoms with van der Waals surface area (Å²) >= 11 is 6.32. The van der Waals surface area contributed by atoms with Crippen molar-refractivity contribution in [3.63, 3.8) is 0 Å². The standard InChI is InChI=1S/C19H22ClNO2/c1-13-6-5-7-15(12-13)19(2,3)21-18(22)17(20)14-8-10-16(23-4)11-9-14/h5-12,17H,1-4H3,(H,21,22). The van der Waals surface area contributed by atoms with Crippen molar-refractivity contribution >= 4 is 17.5 Å². The summed E-state index contributed by atoms with van der Waals surface area (Å²) in [5.41, 5.74) is 2.44. The van der Waals surface area contributed by atoms with E-state index in [0.717, 1.165) is 22.4 Å². The number of rotatable bonds is 5. The zero-order valence-electron chi connectivity index (χ0n) is 13.9. The zero-order chi connectivity index (χ0) is 17.0. The average molecular weight is 332 g/mol. The van der Waals surface area contributed by atoms with Crippen LogP contribution in [0.1, 0.15) is 35.9 Å². The van der Waals surface area contributed by atoms with E-state index >= 15 is 0 Å². The Morgan fingerprint density at radius 2 is 1.83 bits per heavy atom. The molecule has 4 heteroatoms. The summed E-state index contributed by atoms with van der Waals surface area (Å²) in [6.07, 6.45) is 0. The molecule has 0 fully saturated rings. The molecule has 0 saturated carbocycles. The van der Waals surface area contributed by atoms with E-state index in [1.54, 1.807) is 31.4 Å². The lowest BCUT2D eigenvalue weighted by molar-refractivity contribution is -0.122. The van der Waals surface area contributed by atoms with Crippen LogP contribution in [0.25, 0.3) is 0 Å². The van der Waals surface area contributed by atoms with Gasteiger partial charge in [-0.1, -0.05) is 42.0 Å². The Hall–Kier alpha value is -2.00. The van der Waals surface area contributed by atoms with Crippen molar-refractivity contribution in [2.45, 2.75) is 31.7 Å². The van der Waals surface area contributed by atoms with Gasteiger partial charge in [-0.05, 0) is 44.0 Å². The molecule has 1 atom stereocenters. The van der Waals surface area contributed by atoms with Gasteiger partial charge in [0.25, 0.3) is 0 Å². The molecule has 1 unspecified atom stereocenters. The fourth-order valence-electron chi connectivity index (χ4n) is 2.40. The quantitative estimate of drug-likeness (QED) is 0.828. The first-order valence-corrected chi connectivity index (χ1v) is 7.94. The molecular weight excluding hydrogens is 310 g/mol. The molecule has 0 bridgehead atoms. The van der Waals surface area contributed by atoms with E-state index in [-0.39, 0.29) is 5.91 Å². The van der Waals surface area contributed by atoms with Crippen LogP contribution in [0.5, 0.6) is 5.75 Å². The summed E-state index contributed by atoms with van der Waals surface area (Å²) in [6, 6.07) is 15.3. The summed E-state index contributed by atoms with van der Waals surface area (Å²) in [7, 11) is 1.60. The minimum Gasteiger partial charge on any atom is -0.497 e. The van der Waals surface area contributed by atoms with Crippen LogP contribution in [0.15, 0.2) is 48.5 Å². The summed E-state index contributed by atoms with van der Waals surface area (Å²) in [4.78, 5) is 12.5. The lowest BCUT2D eigenvalue weighted by atomic mass is 9.92. The van der Waals surface area contributed by atoms with Crippen LogP contribution < -0.4 is 10.1 Å². The van der Waals surface area contributed by atoms with Crippen molar-refractivity contribution in [3.05, 3.63) is 65.2 Å². The van der Waals surface area contributed by atoms with Gasteiger partial charge >= 0.3 is 0 Å². The van der Waals surface area contributed by atoms with Gasteiger partial charge in [0.15, 0.2) is 0 Å². The van der Waals surface area contributed by atoms with Crippen LogP contribution >= 0.6 is 11.6 Å². The van der Waals surface area contributed by atoms with Crippen molar-refractivity contribution in [2.24, 2.45) is 0 Å². The Kier molecular flexibility index (Phi) is 5.32. The van der Waals surface area contributed by atoms with Crippen LogP contribution in [-0.2, 0) is 10.3 Å². The maximum absolute atomic E-state index is 12.5. The van der Waals surface area contributed by atoms with Crippen LogP contribution in [0.4, 0.5) is 0 Å². The van der Waals surface area contributed by atoms with Gasteiger partial charge in [0.2, 0.25) is 5.91 Å². The number of methoxy groups -OCH3 is 1. The normalized spacial score (nSPS) is 12.6. The summed E-state index contributed by atoms with van der Waals surface area (Å²) in [6.45, 7) is 5.97. The lowest BCUT2D eigenvalue weighted by Crippen LogP contribution is -2.42. The van der Waals surface area contributed by atoms with Gasteiger partial charge in [-0.3, -0.25) is 4.79 Å². The molecule has 1 amide bonds.